The van der Waals surface area contributed by atoms with Crippen LogP contribution in [0.1, 0.15) is 36.2 Å². The van der Waals surface area contributed by atoms with E-state index >= 15 is 0 Å². The van der Waals surface area contributed by atoms with E-state index in [1.807, 2.05) is 45.0 Å². The summed E-state index contributed by atoms with van der Waals surface area (Å²) < 4.78 is 0. The molecule has 8 heteroatoms. The molecule has 1 aromatic heterocycles. The van der Waals surface area contributed by atoms with E-state index in [-0.39, 0.29) is 5.84 Å². The molecule has 9 N–H and O–H groups in total. The van der Waals surface area contributed by atoms with E-state index in [4.69, 9.17) is 22.4 Å². The zero-order valence-corrected chi connectivity index (χ0v) is 15.0. The molecule has 0 saturated carbocycles. The van der Waals surface area contributed by atoms with Gasteiger partial charge in [-0.05, 0) is 48.6 Å². The average molecular weight is 347 g/mol. The number of nitrogen functional groups attached to an aromatic ring is 1. The molecule has 0 radical (unpaired) electrons. The van der Waals surface area contributed by atoms with Crippen molar-refractivity contribution in [3.05, 3.63) is 52.7 Å². The molecular formula is C16H25N7S. The molecule has 0 unspecified atom stereocenters. The monoisotopic (exact) mass is 347 g/mol. The van der Waals surface area contributed by atoms with Crippen LogP contribution in [-0.4, -0.2) is 10.8 Å². The molecule has 0 aliphatic rings. The number of aryl methyl sites for hydroxylation is 1. The van der Waals surface area contributed by atoms with Crippen molar-refractivity contribution in [3.8, 4) is 0 Å². The van der Waals surface area contributed by atoms with Crippen molar-refractivity contribution in [2.24, 2.45) is 21.8 Å². The molecule has 7 nitrogen and oxygen atoms in total. The lowest BCUT2D eigenvalue weighted by Gasteiger charge is -2.14. The maximum atomic E-state index is 6.00. The van der Waals surface area contributed by atoms with Crippen LogP contribution >= 0.6 is 11.9 Å². The molecule has 0 bridgehead atoms. The lowest BCUT2D eigenvalue weighted by molar-refractivity contribution is 0.802. The van der Waals surface area contributed by atoms with Crippen LogP contribution in [0.3, 0.4) is 0 Å². The Kier molecular flexibility index (Phi) is 8.03. The van der Waals surface area contributed by atoms with Gasteiger partial charge in [0.2, 0.25) is 0 Å². The maximum Gasteiger partial charge on any atom is 0.153 e. The number of anilines is 1. The Morgan fingerprint density at radius 3 is 2.50 bits per heavy atom. The van der Waals surface area contributed by atoms with Crippen molar-refractivity contribution in [1.82, 2.24) is 10.5 Å². The summed E-state index contributed by atoms with van der Waals surface area (Å²) in [5, 5.41) is 9.58. The summed E-state index contributed by atoms with van der Waals surface area (Å²) in [6.45, 7) is 5.92. The average Bonchev–Trinajstić information content (AvgIpc) is 2.59. The molecule has 0 aliphatic heterocycles. The second-order valence-electron chi connectivity index (χ2n) is 4.69. The molecular weight excluding hydrogens is 322 g/mol. The number of amidine groups is 1. The van der Waals surface area contributed by atoms with Crippen molar-refractivity contribution in [2.45, 2.75) is 32.1 Å². The minimum Gasteiger partial charge on any atom is -0.384 e. The van der Waals surface area contributed by atoms with Gasteiger partial charge in [-0.15, -0.1) is 5.10 Å². The van der Waals surface area contributed by atoms with E-state index in [2.05, 4.69) is 15.6 Å². The molecule has 1 aromatic carbocycles. The van der Waals surface area contributed by atoms with Gasteiger partial charge in [-0.25, -0.2) is 16.4 Å². The highest BCUT2D eigenvalue weighted by atomic mass is 32.2. The standard InChI is InChI=1S/C14H19N7S.C2H6/c1-8-9(5-6-12(15)19-8)7-10-3-2-4-11(22-18)13(10)14(16)20-21-17;1-2/h2-6,21H,7,17-18H2,1H3,(H2,15,19)(H2,16,20);1-2H3. The predicted molar refractivity (Wildman–Crippen MR) is 102 cm³/mol. The van der Waals surface area contributed by atoms with Gasteiger partial charge in [0.15, 0.2) is 5.84 Å². The van der Waals surface area contributed by atoms with Crippen LogP contribution in [0.5, 0.6) is 0 Å². The Morgan fingerprint density at radius 2 is 1.92 bits per heavy atom. The van der Waals surface area contributed by atoms with Crippen molar-refractivity contribution in [1.29, 1.82) is 0 Å². The molecule has 0 saturated heterocycles. The first-order valence-corrected chi connectivity index (χ1v) is 8.44. The van der Waals surface area contributed by atoms with Gasteiger partial charge in [-0.2, -0.15) is 0 Å². The Bertz CT molecular complexity index is 701. The minimum absolute atomic E-state index is 0.284. The number of benzene rings is 1. The maximum absolute atomic E-state index is 6.00. The van der Waals surface area contributed by atoms with E-state index in [1.165, 1.54) is 0 Å². The van der Waals surface area contributed by atoms with Crippen LogP contribution in [0.2, 0.25) is 0 Å². The second kappa shape index (κ2) is 9.76. The zero-order valence-electron chi connectivity index (χ0n) is 14.2. The number of aromatic nitrogens is 1. The third kappa shape index (κ3) is 4.85. The molecule has 2 aromatic rings. The Morgan fingerprint density at radius 1 is 1.21 bits per heavy atom. The van der Waals surface area contributed by atoms with Crippen LogP contribution < -0.4 is 28.0 Å². The highest BCUT2D eigenvalue weighted by molar-refractivity contribution is 7.97. The lowest BCUT2D eigenvalue weighted by atomic mass is 9.98. The van der Waals surface area contributed by atoms with E-state index in [1.54, 1.807) is 6.07 Å². The number of hydrogen-bond donors (Lipinski definition) is 5. The van der Waals surface area contributed by atoms with Crippen molar-refractivity contribution in [2.75, 3.05) is 5.73 Å². The number of nitrogens with two attached hydrogens (primary N) is 4. The third-order valence-electron chi connectivity index (χ3n) is 3.28. The molecule has 130 valence electrons. The van der Waals surface area contributed by atoms with Crippen LogP contribution in [-0.2, 0) is 6.42 Å². The number of rotatable bonds is 5. The third-order valence-corrected chi connectivity index (χ3v) is 3.87. The molecule has 2 rings (SSSR count). The first kappa shape index (κ1) is 19.8. The Labute approximate surface area is 147 Å². The van der Waals surface area contributed by atoms with Crippen LogP contribution in [0.25, 0.3) is 0 Å². The molecule has 0 aliphatic carbocycles. The molecule has 1 heterocycles. The summed E-state index contributed by atoms with van der Waals surface area (Å²) in [6.07, 6.45) is 0.642. The van der Waals surface area contributed by atoms with Gasteiger partial charge in [0.25, 0.3) is 0 Å². The van der Waals surface area contributed by atoms with E-state index in [9.17, 15) is 0 Å². The summed E-state index contributed by atoms with van der Waals surface area (Å²) in [6, 6.07) is 9.53. The molecule has 0 amide bonds. The summed E-state index contributed by atoms with van der Waals surface area (Å²) in [7, 11) is 0. The van der Waals surface area contributed by atoms with Gasteiger partial charge in [-0.3, -0.25) is 5.14 Å². The number of hydrogen-bond acceptors (Lipinski definition) is 7. The normalized spacial score (nSPS) is 10.8. The van der Waals surface area contributed by atoms with Crippen molar-refractivity contribution in [3.63, 3.8) is 0 Å². The lowest BCUT2D eigenvalue weighted by Crippen LogP contribution is -2.25. The summed E-state index contributed by atoms with van der Waals surface area (Å²) in [4.78, 5) is 5.11. The largest absolute Gasteiger partial charge is 0.384 e. The van der Waals surface area contributed by atoms with E-state index in [0.717, 1.165) is 39.2 Å². The van der Waals surface area contributed by atoms with E-state index in [0.29, 0.717) is 12.2 Å². The van der Waals surface area contributed by atoms with Gasteiger partial charge in [0, 0.05) is 16.2 Å². The van der Waals surface area contributed by atoms with Gasteiger partial charge < -0.3 is 11.5 Å². The smallest absolute Gasteiger partial charge is 0.153 e. The predicted octanol–water partition coefficient (Wildman–Crippen LogP) is 1.64. The van der Waals surface area contributed by atoms with Gasteiger partial charge in [0.1, 0.15) is 5.82 Å². The van der Waals surface area contributed by atoms with E-state index < -0.39 is 0 Å². The van der Waals surface area contributed by atoms with Gasteiger partial charge >= 0.3 is 0 Å². The highest BCUT2D eigenvalue weighted by Gasteiger charge is 2.14. The fourth-order valence-corrected chi connectivity index (χ4v) is 2.75. The molecule has 0 fully saturated rings. The summed E-state index contributed by atoms with van der Waals surface area (Å²) >= 11 is 1.12. The summed E-state index contributed by atoms with van der Waals surface area (Å²) in [5.41, 5.74) is 17.6. The minimum atomic E-state index is 0.284. The summed E-state index contributed by atoms with van der Waals surface area (Å²) in [5.74, 6) is 6.01. The van der Waals surface area contributed by atoms with Crippen molar-refractivity contribution < 1.29 is 0 Å². The van der Waals surface area contributed by atoms with Crippen molar-refractivity contribution >= 4 is 23.6 Å². The topological polar surface area (TPSA) is 141 Å². The van der Waals surface area contributed by atoms with Gasteiger partial charge in [-0.1, -0.05) is 32.0 Å². The van der Waals surface area contributed by atoms with Crippen LogP contribution in [0.15, 0.2) is 40.3 Å². The fraction of sp³-hybridized carbons (Fsp3) is 0.250. The second-order valence-corrected chi connectivity index (χ2v) is 5.37. The van der Waals surface area contributed by atoms with Gasteiger partial charge in [0.05, 0.1) is 0 Å². The van der Waals surface area contributed by atoms with Crippen LogP contribution in [0.4, 0.5) is 5.82 Å². The first-order valence-electron chi connectivity index (χ1n) is 7.56. The fourth-order valence-electron chi connectivity index (χ4n) is 2.24. The number of nitrogens with one attached hydrogen (secondary N) is 1. The number of hydrazone groups is 1. The SMILES string of the molecule is CC.Cc1nc(N)ccc1Cc1cccc(SN)c1/C(N)=N/NN. The molecule has 24 heavy (non-hydrogen) atoms. The molecule has 0 spiro atoms. The first-order chi connectivity index (χ1) is 11.6. The Balaban J connectivity index is 0.00000139. The number of hydrazine groups is 1. The quantitative estimate of drug-likeness (QED) is 0.182. The van der Waals surface area contributed by atoms with Crippen LogP contribution in [0, 0.1) is 6.92 Å². The number of pyridine rings is 1. The molecule has 0 atom stereocenters. The zero-order chi connectivity index (χ0) is 18.1. The number of nitrogens with zero attached hydrogens (tertiary/aromatic N) is 2. The highest BCUT2D eigenvalue weighted by Crippen LogP contribution is 2.24. The Hall–Kier alpha value is -2.29.